The first-order chi connectivity index (χ1) is 7.26. The molecular formula is C11H21N3S. The van der Waals surface area contributed by atoms with Gasteiger partial charge in [0, 0.05) is 36.6 Å². The van der Waals surface area contributed by atoms with E-state index in [-0.39, 0.29) is 0 Å². The van der Waals surface area contributed by atoms with Crippen LogP contribution < -0.4 is 5.32 Å². The molecule has 0 saturated carbocycles. The van der Waals surface area contributed by atoms with E-state index in [4.69, 9.17) is 0 Å². The molecule has 0 spiro atoms. The van der Waals surface area contributed by atoms with Crippen molar-refractivity contribution >= 4 is 11.8 Å². The molecule has 0 saturated heterocycles. The topological polar surface area (TPSA) is 29.9 Å². The van der Waals surface area contributed by atoms with E-state index in [9.17, 15) is 0 Å². The zero-order chi connectivity index (χ0) is 11.1. The molecule has 0 aromatic carbocycles. The van der Waals surface area contributed by atoms with Crippen molar-refractivity contribution < 1.29 is 0 Å². The van der Waals surface area contributed by atoms with E-state index in [0.717, 1.165) is 13.1 Å². The van der Waals surface area contributed by atoms with Crippen LogP contribution in [0, 0.1) is 0 Å². The third-order valence-electron chi connectivity index (χ3n) is 2.24. The van der Waals surface area contributed by atoms with Gasteiger partial charge >= 0.3 is 0 Å². The minimum absolute atomic E-state index is 0.569. The molecule has 0 bridgehead atoms. The third kappa shape index (κ3) is 4.71. The maximum atomic E-state index is 4.25. The van der Waals surface area contributed by atoms with Gasteiger partial charge in [0.2, 0.25) is 0 Å². The fourth-order valence-electron chi connectivity index (χ4n) is 1.32. The average molecular weight is 227 g/mol. The van der Waals surface area contributed by atoms with Gasteiger partial charge in [-0.05, 0) is 19.6 Å². The van der Waals surface area contributed by atoms with E-state index in [1.165, 1.54) is 17.1 Å². The maximum absolute atomic E-state index is 4.25. The lowest BCUT2D eigenvalue weighted by atomic mass is 10.3. The van der Waals surface area contributed by atoms with Crippen molar-refractivity contribution in [1.82, 2.24) is 15.1 Å². The molecule has 1 rings (SSSR count). The van der Waals surface area contributed by atoms with Gasteiger partial charge in [-0.1, -0.05) is 6.92 Å². The number of nitrogens with one attached hydrogen (secondary N) is 1. The summed E-state index contributed by atoms with van der Waals surface area (Å²) in [4.78, 5) is 0. The zero-order valence-corrected chi connectivity index (χ0v) is 10.7. The third-order valence-corrected chi connectivity index (χ3v) is 3.38. The van der Waals surface area contributed by atoms with E-state index < -0.39 is 0 Å². The molecule has 1 aromatic heterocycles. The minimum atomic E-state index is 0.569. The van der Waals surface area contributed by atoms with Crippen molar-refractivity contribution in [2.24, 2.45) is 0 Å². The molecular weight excluding hydrogens is 206 g/mol. The highest BCUT2D eigenvalue weighted by molar-refractivity contribution is 7.99. The van der Waals surface area contributed by atoms with Crippen molar-refractivity contribution in [3.63, 3.8) is 0 Å². The zero-order valence-electron chi connectivity index (χ0n) is 9.86. The van der Waals surface area contributed by atoms with Crippen LogP contribution in [0.25, 0.3) is 0 Å². The minimum Gasteiger partial charge on any atom is -0.309 e. The molecule has 0 radical (unpaired) electrons. The smallest absolute Gasteiger partial charge is 0.0534 e. The first-order valence-corrected chi connectivity index (χ1v) is 6.74. The Morgan fingerprint density at radius 3 is 2.93 bits per heavy atom. The summed E-state index contributed by atoms with van der Waals surface area (Å²) in [6.07, 6.45) is 4.04. The van der Waals surface area contributed by atoms with E-state index in [1.54, 1.807) is 0 Å². The van der Waals surface area contributed by atoms with Gasteiger partial charge in [-0.3, -0.25) is 4.68 Å². The van der Waals surface area contributed by atoms with Crippen LogP contribution in [0.5, 0.6) is 0 Å². The van der Waals surface area contributed by atoms with Gasteiger partial charge in [-0.2, -0.15) is 16.9 Å². The monoisotopic (exact) mass is 227 g/mol. The standard InChI is InChI=1S/C11H21N3S/c1-4-14-8-11(7-13-14)6-12-10(3)9-15-5-2/h7-8,10,12H,4-6,9H2,1-3H3. The molecule has 15 heavy (non-hydrogen) atoms. The Hall–Kier alpha value is -0.480. The highest BCUT2D eigenvalue weighted by atomic mass is 32.2. The lowest BCUT2D eigenvalue weighted by Crippen LogP contribution is -2.27. The number of hydrogen-bond acceptors (Lipinski definition) is 3. The molecule has 0 fully saturated rings. The van der Waals surface area contributed by atoms with Crippen LogP contribution >= 0.6 is 11.8 Å². The Morgan fingerprint density at radius 1 is 1.53 bits per heavy atom. The molecule has 4 heteroatoms. The Labute approximate surface area is 96.6 Å². The van der Waals surface area contributed by atoms with Crippen LogP contribution in [-0.2, 0) is 13.1 Å². The highest BCUT2D eigenvalue weighted by Crippen LogP contribution is 2.03. The van der Waals surface area contributed by atoms with Gasteiger partial charge in [0.25, 0.3) is 0 Å². The van der Waals surface area contributed by atoms with E-state index >= 15 is 0 Å². The largest absolute Gasteiger partial charge is 0.309 e. The number of hydrogen-bond donors (Lipinski definition) is 1. The van der Waals surface area contributed by atoms with E-state index in [0.29, 0.717) is 6.04 Å². The van der Waals surface area contributed by atoms with Gasteiger partial charge in [0.05, 0.1) is 6.20 Å². The van der Waals surface area contributed by atoms with Gasteiger partial charge < -0.3 is 5.32 Å². The summed E-state index contributed by atoms with van der Waals surface area (Å²) >= 11 is 1.98. The van der Waals surface area contributed by atoms with Crippen LogP contribution in [0.3, 0.4) is 0 Å². The first kappa shape index (κ1) is 12.6. The van der Waals surface area contributed by atoms with Gasteiger partial charge in [-0.15, -0.1) is 0 Å². The summed E-state index contributed by atoms with van der Waals surface area (Å²) in [5.74, 6) is 2.37. The SMILES string of the molecule is CCSCC(C)NCc1cnn(CC)c1. The molecule has 1 unspecified atom stereocenters. The quantitative estimate of drug-likeness (QED) is 0.774. The van der Waals surface area contributed by atoms with Crippen LogP contribution in [0.4, 0.5) is 0 Å². The molecule has 1 heterocycles. The number of aromatic nitrogens is 2. The second-order valence-electron chi connectivity index (χ2n) is 3.65. The molecule has 3 nitrogen and oxygen atoms in total. The van der Waals surface area contributed by atoms with E-state index in [1.807, 2.05) is 22.6 Å². The van der Waals surface area contributed by atoms with Crippen molar-refractivity contribution in [3.05, 3.63) is 18.0 Å². The highest BCUT2D eigenvalue weighted by Gasteiger charge is 2.02. The molecule has 1 aromatic rings. The molecule has 1 atom stereocenters. The number of rotatable bonds is 7. The molecule has 0 amide bonds. The van der Waals surface area contributed by atoms with Crippen LogP contribution in [0.2, 0.25) is 0 Å². The van der Waals surface area contributed by atoms with Crippen molar-refractivity contribution in [3.8, 4) is 0 Å². The fraction of sp³-hybridized carbons (Fsp3) is 0.727. The predicted molar refractivity (Wildman–Crippen MR) is 67.2 cm³/mol. The Bertz CT molecular complexity index is 273. The normalized spacial score (nSPS) is 13.0. The summed E-state index contributed by atoms with van der Waals surface area (Å²) in [5, 5.41) is 7.74. The van der Waals surface area contributed by atoms with Crippen molar-refractivity contribution in [1.29, 1.82) is 0 Å². The summed E-state index contributed by atoms with van der Waals surface area (Å²) in [6.45, 7) is 8.40. The lowest BCUT2D eigenvalue weighted by molar-refractivity contribution is 0.594. The molecule has 1 N–H and O–H groups in total. The molecule has 0 aliphatic heterocycles. The maximum Gasteiger partial charge on any atom is 0.0534 e. The molecule has 86 valence electrons. The van der Waals surface area contributed by atoms with Gasteiger partial charge in [0.15, 0.2) is 0 Å². The Kier molecular flexibility index (Phi) is 5.79. The molecule has 0 aliphatic rings. The predicted octanol–water partition coefficient (Wildman–Crippen LogP) is 2.13. The summed E-state index contributed by atoms with van der Waals surface area (Å²) in [7, 11) is 0. The van der Waals surface area contributed by atoms with Crippen molar-refractivity contribution in [2.75, 3.05) is 11.5 Å². The number of thioether (sulfide) groups is 1. The first-order valence-electron chi connectivity index (χ1n) is 5.58. The van der Waals surface area contributed by atoms with Gasteiger partial charge in [-0.25, -0.2) is 0 Å². The Balaban J connectivity index is 2.24. The van der Waals surface area contributed by atoms with E-state index in [2.05, 4.69) is 37.4 Å². The summed E-state index contributed by atoms with van der Waals surface area (Å²) in [5.41, 5.74) is 1.27. The second-order valence-corrected chi connectivity index (χ2v) is 4.96. The van der Waals surface area contributed by atoms with Gasteiger partial charge in [0.1, 0.15) is 0 Å². The second kappa shape index (κ2) is 6.90. The summed E-state index contributed by atoms with van der Waals surface area (Å²) < 4.78 is 1.96. The molecule has 0 aliphatic carbocycles. The number of aryl methyl sites for hydroxylation is 1. The van der Waals surface area contributed by atoms with Crippen molar-refractivity contribution in [2.45, 2.75) is 39.9 Å². The lowest BCUT2D eigenvalue weighted by Gasteiger charge is -2.11. The number of nitrogens with zero attached hydrogens (tertiary/aromatic N) is 2. The fourth-order valence-corrected chi connectivity index (χ4v) is 2.02. The van der Waals surface area contributed by atoms with Crippen LogP contribution in [-0.4, -0.2) is 27.3 Å². The average Bonchev–Trinajstić information content (AvgIpc) is 2.71. The van der Waals surface area contributed by atoms with Crippen LogP contribution in [0.15, 0.2) is 12.4 Å². The Morgan fingerprint density at radius 2 is 2.33 bits per heavy atom. The van der Waals surface area contributed by atoms with Crippen LogP contribution in [0.1, 0.15) is 26.3 Å². The summed E-state index contributed by atoms with van der Waals surface area (Å²) in [6, 6.07) is 0.569.